The summed E-state index contributed by atoms with van der Waals surface area (Å²) in [5, 5.41) is 2.98. The van der Waals surface area contributed by atoms with E-state index in [4.69, 9.17) is 0 Å². The summed E-state index contributed by atoms with van der Waals surface area (Å²) in [5.74, 6) is 0.948. The molecule has 1 aliphatic carbocycles. The highest BCUT2D eigenvalue weighted by atomic mass is 16.2. The number of nitrogens with one attached hydrogen (secondary N) is 1. The number of carbonyl (C=O) groups is 1. The molecule has 0 radical (unpaired) electrons. The van der Waals surface area contributed by atoms with Gasteiger partial charge < -0.3 is 0 Å². The predicted molar refractivity (Wildman–Crippen MR) is 96.9 cm³/mol. The fraction of sp³-hybridized carbons (Fsp3) is 0.450. The van der Waals surface area contributed by atoms with Gasteiger partial charge in [-0.25, -0.2) is 9.97 Å². The zero-order valence-electron chi connectivity index (χ0n) is 14.6. The highest BCUT2D eigenvalue weighted by Crippen LogP contribution is 2.49. The topological polar surface area (TPSA) is 58.1 Å². The van der Waals surface area contributed by atoms with Gasteiger partial charge in [-0.2, -0.15) is 0 Å². The number of amides is 1. The maximum absolute atomic E-state index is 13.1. The van der Waals surface area contributed by atoms with E-state index < -0.39 is 0 Å². The average Bonchev–Trinajstić information content (AvgIpc) is 3.13. The minimum absolute atomic E-state index is 0.0937. The Bertz CT molecular complexity index is 763. The third kappa shape index (κ3) is 3.16. The SMILES string of the molecule is Cc1ccnc(NC(=O)[C@]23CCC[C@H]2CN(Cc2ccccc2)C3)n1. The first-order chi connectivity index (χ1) is 12.2. The lowest BCUT2D eigenvalue weighted by molar-refractivity contribution is -0.126. The smallest absolute Gasteiger partial charge is 0.234 e. The van der Waals surface area contributed by atoms with E-state index in [-0.39, 0.29) is 11.3 Å². The van der Waals surface area contributed by atoms with E-state index in [1.54, 1.807) is 6.20 Å². The molecule has 1 saturated carbocycles. The highest BCUT2D eigenvalue weighted by molar-refractivity contribution is 5.95. The Morgan fingerprint density at radius 2 is 2.16 bits per heavy atom. The van der Waals surface area contributed by atoms with E-state index >= 15 is 0 Å². The van der Waals surface area contributed by atoms with Gasteiger partial charge in [0.1, 0.15) is 0 Å². The summed E-state index contributed by atoms with van der Waals surface area (Å²) in [4.78, 5) is 24.1. The van der Waals surface area contributed by atoms with Crippen LogP contribution in [0.15, 0.2) is 42.6 Å². The first-order valence-electron chi connectivity index (χ1n) is 9.03. The molecular weight excluding hydrogens is 312 g/mol. The van der Waals surface area contributed by atoms with Gasteiger partial charge in [-0.05, 0) is 37.3 Å². The molecule has 25 heavy (non-hydrogen) atoms. The summed E-state index contributed by atoms with van der Waals surface area (Å²) >= 11 is 0. The van der Waals surface area contributed by atoms with E-state index in [1.165, 1.54) is 5.56 Å². The molecule has 2 heterocycles. The molecular formula is C20H24N4O. The van der Waals surface area contributed by atoms with E-state index in [2.05, 4.69) is 44.5 Å². The number of anilines is 1. The predicted octanol–water partition coefficient (Wildman–Crippen LogP) is 3.03. The molecule has 0 spiro atoms. The van der Waals surface area contributed by atoms with Gasteiger partial charge in [0.25, 0.3) is 0 Å². The lowest BCUT2D eigenvalue weighted by atomic mass is 9.80. The Kier molecular flexibility index (Phi) is 4.25. The second-order valence-electron chi connectivity index (χ2n) is 7.38. The Hall–Kier alpha value is -2.27. The van der Waals surface area contributed by atoms with Crippen molar-refractivity contribution in [2.45, 2.75) is 32.7 Å². The lowest BCUT2D eigenvalue weighted by Gasteiger charge is -2.27. The number of aryl methyl sites for hydroxylation is 1. The molecule has 4 rings (SSSR count). The van der Waals surface area contributed by atoms with Gasteiger partial charge in [0.15, 0.2) is 0 Å². The number of fused-ring (bicyclic) bond motifs is 1. The molecule has 1 amide bonds. The number of rotatable bonds is 4. The van der Waals surface area contributed by atoms with Gasteiger partial charge in [-0.15, -0.1) is 0 Å². The molecule has 1 saturated heterocycles. The standard InChI is InChI=1S/C20H24N4O/c1-15-9-11-21-19(22-15)23-18(25)20-10-5-8-17(20)13-24(14-20)12-16-6-3-2-4-7-16/h2-4,6-7,9,11,17H,5,8,10,12-14H2,1H3,(H,21,22,23,25)/t17-,20-/m0/s1. The molecule has 5 heteroatoms. The molecule has 1 aromatic heterocycles. The van der Waals surface area contributed by atoms with Gasteiger partial charge in [0.05, 0.1) is 5.41 Å². The van der Waals surface area contributed by atoms with E-state index in [0.717, 1.165) is 44.6 Å². The number of aromatic nitrogens is 2. The third-order valence-electron chi connectivity index (χ3n) is 5.66. The molecule has 2 fully saturated rings. The van der Waals surface area contributed by atoms with Crippen LogP contribution in [-0.4, -0.2) is 33.9 Å². The number of benzene rings is 1. The second-order valence-corrected chi connectivity index (χ2v) is 7.38. The Morgan fingerprint density at radius 1 is 1.32 bits per heavy atom. The van der Waals surface area contributed by atoms with Crippen molar-refractivity contribution in [2.75, 3.05) is 18.4 Å². The molecule has 1 aliphatic heterocycles. The molecule has 2 atom stereocenters. The summed E-state index contributed by atoms with van der Waals surface area (Å²) in [6.45, 7) is 4.64. The van der Waals surface area contributed by atoms with Crippen molar-refractivity contribution in [3.8, 4) is 0 Å². The van der Waals surface area contributed by atoms with E-state index in [9.17, 15) is 4.79 Å². The van der Waals surface area contributed by atoms with Crippen molar-refractivity contribution >= 4 is 11.9 Å². The van der Waals surface area contributed by atoms with Gasteiger partial charge in [-0.3, -0.25) is 15.0 Å². The van der Waals surface area contributed by atoms with Crippen LogP contribution in [0.1, 0.15) is 30.5 Å². The Balaban J connectivity index is 1.49. The van der Waals surface area contributed by atoms with Crippen LogP contribution in [0, 0.1) is 18.3 Å². The van der Waals surface area contributed by atoms with Crippen molar-refractivity contribution in [2.24, 2.45) is 11.3 Å². The number of hydrogen-bond acceptors (Lipinski definition) is 4. The Labute approximate surface area is 148 Å². The third-order valence-corrected chi connectivity index (χ3v) is 5.66. The van der Waals surface area contributed by atoms with Gasteiger partial charge in [0, 0.05) is 31.5 Å². The molecule has 130 valence electrons. The van der Waals surface area contributed by atoms with Gasteiger partial charge >= 0.3 is 0 Å². The number of hydrogen-bond donors (Lipinski definition) is 1. The van der Waals surface area contributed by atoms with Crippen LogP contribution in [0.4, 0.5) is 5.95 Å². The fourth-order valence-electron chi connectivity index (χ4n) is 4.46. The van der Waals surface area contributed by atoms with Crippen LogP contribution >= 0.6 is 0 Å². The molecule has 0 unspecified atom stereocenters. The Morgan fingerprint density at radius 3 is 2.96 bits per heavy atom. The summed E-state index contributed by atoms with van der Waals surface area (Å²) in [6.07, 6.45) is 4.91. The van der Waals surface area contributed by atoms with E-state index in [1.807, 2.05) is 19.1 Å². The fourth-order valence-corrected chi connectivity index (χ4v) is 4.46. The van der Waals surface area contributed by atoms with Crippen LogP contribution in [0.2, 0.25) is 0 Å². The molecule has 5 nitrogen and oxygen atoms in total. The van der Waals surface area contributed by atoms with Crippen LogP contribution in [-0.2, 0) is 11.3 Å². The van der Waals surface area contributed by atoms with Crippen molar-refractivity contribution in [3.63, 3.8) is 0 Å². The minimum atomic E-state index is -0.290. The summed E-state index contributed by atoms with van der Waals surface area (Å²) in [7, 11) is 0. The molecule has 2 aromatic rings. The van der Waals surface area contributed by atoms with E-state index in [0.29, 0.717) is 11.9 Å². The summed E-state index contributed by atoms with van der Waals surface area (Å²) in [5.41, 5.74) is 1.88. The van der Waals surface area contributed by atoms with Crippen molar-refractivity contribution in [1.29, 1.82) is 0 Å². The quantitative estimate of drug-likeness (QED) is 0.932. The zero-order chi connectivity index (χ0) is 17.3. The molecule has 1 N–H and O–H groups in total. The van der Waals surface area contributed by atoms with Crippen LogP contribution in [0.25, 0.3) is 0 Å². The summed E-state index contributed by atoms with van der Waals surface area (Å²) in [6, 6.07) is 12.3. The van der Waals surface area contributed by atoms with Crippen LogP contribution < -0.4 is 5.32 Å². The molecule has 1 aromatic carbocycles. The molecule has 0 bridgehead atoms. The van der Waals surface area contributed by atoms with Crippen molar-refractivity contribution < 1.29 is 4.79 Å². The van der Waals surface area contributed by atoms with Crippen molar-refractivity contribution in [3.05, 3.63) is 53.9 Å². The molecule has 2 aliphatic rings. The number of carbonyl (C=O) groups excluding carboxylic acids is 1. The largest absolute Gasteiger partial charge is 0.298 e. The first-order valence-corrected chi connectivity index (χ1v) is 9.03. The maximum atomic E-state index is 13.1. The average molecular weight is 336 g/mol. The first kappa shape index (κ1) is 16.2. The maximum Gasteiger partial charge on any atom is 0.234 e. The normalized spacial score (nSPS) is 25.7. The minimum Gasteiger partial charge on any atom is -0.298 e. The second kappa shape index (κ2) is 6.56. The highest BCUT2D eigenvalue weighted by Gasteiger charge is 2.54. The number of likely N-dealkylation sites (tertiary alicyclic amines) is 1. The zero-order valence-corrected chi connectivity index (χ0v) is 14.6. The van der Waals surface area contributed by atoms with Crippen molar-refractivity contribution in [1.82, 2.24) is 14.9 Å². The summed E-state index contributed by atoms with van der Waals surface area (Å²) < 4.78 is 0. The van der Waals surface area contributed by atoms with Crippen LogP contribution in [0.5, 0.6) is 0 Å². The van der Waals surface area contributed by atoms with Crippen LogP contribution in [0.3, 0.4) is 0 Å². The number of nitrogens with zero attached hydrogens (tertiary/aromatic N) is 3. The monoisotopic (exact) mass is 336 g/mol. The lowest BCUT2D eigenvalue weighted by Crippen LogP contribution is -2.40. The van der Waals surface area contributed by atoms with Gasteiger partial charge in [0.2, 0.25) is 11.9 Å². The van der Waals surface area contributed by atoms with Gasteiger partial charge in [-0.1, -0.05) is 36.8 Å².